The Labute approximate surface area is 178 Å². The van der Waals surface area contributed by atoms with E-state index in [1.807, 2.05) is 39.0 Å². The van der Waals surface area contributed by atoms with Crippen molar-refractivity contribution in [3.8, 4) is 11.1 Å². The second-order valence-electron chi connectivity index (χ2n) is 9.54. The van der Waals surface area contributed by atoms with Crippen molar-refractivity contribution >= 4 is 27.6 Å². The predicted molar refractivity (Wildman–Crippen MR) is 121 cm³/mol. The minimum Gasteiger partial charge on any atom is -0.299 e. The molecule has 30 heavy (non-hydrogen) atoms. The number of benzene rings is 1. The van der Waals surface area contributed by atoms with Gasteiger partial charge >= 0.3 is 0 Å². The number of nitrogens with zero attached hydrogens (tertiary/aromatic N) is 1. The van der Waals surface area contributed by atoms with E-state index in [9.17, 15) is 13.2 Å². The lowest BCUT2D eigenvalue weighted by Gasteiger charge is -2.19. The van der Waals surface area contributed by atoms with Crippen LogP contribution in [0, 0.1) is 11.3 Å². The molecular formula is C24H28N2O3S. The van der Waals surface area contributed by atoms with Crippen molar-refractivity contribution in [2.75, 3.05) is 10.5 Å². The second kappa shape index (κ2) is 7.65. The lowest BCUT2D eigenvalue weighted by molar-refractivity contribution is -0.119. The SMILES string of the molecule is CC(C)(C)CS(=O)(=O)Nc1ccc(-c2cc(CC(=O)C3CC3)nc3c2C=CC3)cc1. The Morgan fingerprint density at radius 3 is 2.50 bits per heavy atom. The van der Waals surface area contributed by atoms with Crippen LogP contribution in [0.2, 0.25) is 0 Å². The molecule has 158 valence electrons. The van der Waals surface area contributed by atoms with Crippen LogP contribution in [0.3, 0.4) is 0 Å². The van der Waals surface area contributed by atoms with Crippen molar-refractivity contribution in [1.82, 2.24) is 4.98 Å². The van der Waals surface area contributed by atoms with Crippen LogP contribution >= 0.6 is 0 Å². The Hall–Kier alpha value is -2.47. The molecule has 5 nitrogen and oxygen atoms in total. The van der Waals surface area contributed by atoms with E-state index in [1.165, 1.54) is 0 Å². The van der Waals surface area contributed by atoms with Gasteiger partial charge in [0, 0.05) is 35.7 Å². The normalized spacial score (nSPS) is 15.8. The number of nitrogens with one attached hydrogen (secondary N) is 1. The Morgan fingerprint density at radius 2 is 1.87 bits per heavy atom. The molecule has 1 aromatic heterocycles. The quantitative estimate of drug-likeness (QED) is 0.703. The molecule has 1 N–H and O–H groups in total. The summed E-state index contributed by atoms with van der Waals surface area (Å²) < 4.78 is 27.4. The van der Waals surface area contributed by atoms with Gasteiger partial charge in [0.1, 0.15) is 5.78 Å². The van der Waals surface area contributed by atoms with Crippen LogP contribution in [-0.4, -0.2) is 24.9 Å². The number of sulfonamides is 1. The highest BCUT2D eigenvalue weighted by atomic mass is 32.2. The summed E-state index contributed by atoms with van der Waals surface area (Å²) in [7, 11) is -3.41. The van der Waals surface area contributed by atoms with Gasteiger partial charge in [0.15, 0.2) is 0 Å². The topological polar surface area (TPSA) is 76.1 Å². The molecule has 0 aliphatic heterocycles. The van der Waals surface area contributed by atoms with E-state index in [1.54, 1.807) is 12.1 Å². The molecule has 0 atom stereocenters. The molecule has 0 bridgehead atoms. The van der Waals surface area contributed by atoms with E-state index in [4.69, 9.17) is 4.98 Å². The number of carbonyl (C=O) groups excluding carboxylic acids is 1. The monoisotopic (exact) mass is 424 g/mol. The number of pyridine rings is 1. The molecule has 0 amide bonds. The molecule has 1 fully saturated rings. The van der Waals surface area contributed by atoms with Gasteiger partial charge in [-0.2, -0.15) is 0 Å². The molecular weight excluding hydrogens is 396 g/mol. The first-order valence-electron chi connectivity index (χ1n) is 10.4. The van der Waals surface area contributed by atoms with Gasteiger partial charge in [0.05, 0.1) is 11.4 Å². The number of carbonyl (C=O) groups is 1. The standard InChI is InChI=1S/C24H28N2O3S/c1-24(2,3)15-30(28,29)26-18-11-9-16(10-12-18)21-13-19(14-23(27)17-7-8-17)25-22-6-4-5-20(21)22/h4-5,9-13,17,26H,6-8,14-15H2,1-3H3. The number of ketones is 1. The molecule has 4 rings (SSSR count). The highest BCUT2D eigenvalue weighted by molar-refractivity contribution is 7.92. The first-order chi connectivity index (χ1) is 14.1. The maximum Gasteiger partial charge on any atom is 0.233 e. The second-order valence-corrected chi connectivity index (χ2v) is 11.3. The van der Waals surface area contributed by atoms with E-state index in [0.717, 1.165) is 47.3 Å². The van der Waals surface area contributed by atoms with Crippen LogP contribution in [0.15, 0.2) is 36.4 Å². The Balaban J connectivity index is 1.58. The number of aromatic nitrogens is 1. The number of hydrogen-bond acceptors (Lipinski definition) is 4. The van der Waals surface area contributed by atoms with E-state index in [-0.39, 0.29) is 22.9 Å². The van der Waals surface area contributed by atoms with E-state index in [2.05, 4.69) is 16.9 Å². The van der Waals surface area contributed by atoms with Gasteiger partial charge < -0.3 is 0 Å². The minimum absolute atomic E-state index is 0.0583. The highest BCUT2D eigenvalue weighted by Gasteiger charge is 2.30. The van der Waals surface area contributed by atoms with Crippen molar-refractivity contribution in [3.05, 3.63) is 53.4 Å². The number of Topliss-reactive ketones (excluding diaryl/α,β-unsaturated/α-hetero) is 1. The summed E-state index contributed by atoms with van der Waals surface area (Å²) >= 11 is 0. The largest absolute Gasteiger partial charge is 0.299 e. The van der Waals surface area contributed by atoms with Crippen molar-refractivity contribution in [3.63, 3.8) is 0 Å². The average Bonchev–Trinajstić information content (AvgIpc) is 3.38. The molecule has 2 aromatic rings. The molecule has 6 heteroatoms. The highest BCUT2D eigenvalue weighted by Crippen LogP contribution is 2.34. The van der Waals surface area contributed by atoms with Crippen molar-refractivity contribution in [2.24, 2.45) is 11.3 Å². The smallest absolute Gasteiger partial charge is 0.233 e. The maximum atomic E-state index is 12.4. The summed E-state index contributed by atoms with van der Waals surface area (Å²) in [5, 5.41) is 0. The summed E-state index contributed by atoms with van der Waals surface area (Å²) in [5.41, 5.74) is 5.16. The van der Waals surface area contributed by atoms with Crippen LogP contribution < -0.4 is 4.72 Å². The fraction of sp³-hybridized carbons (Fsp3) is 0.417. The van der Waals surface area contributed by atoms with Gasteiger partial charge in [-0.15, -0.1) is 0 Å². The van der Waals surface area contributed by atoms with Gasteiger partial charge in [-0.1, -0.05) is 45.1 Å². The summed E-state index contributed by atoms with van der Waals surface area (Å²) in [6, 6.07) is 9.42. The first-order valence-corrected chi connectivity index (χ1v) is 12.1. The van der Waals surface area contributed by atoms with Crippen molar-refractivity contribution < 1.29 is 13.2 Å². The van der Waals surface area contributed by atoms with Crippen molar-refractivity contribution in [2.45, 2.75) is 46.5 Å². The summed E-state index contributed by atoms with van der Waals surface area (Å²) in [5.74, 6) is 0.563. The lowest BCUT2D eigenvalue weighted by atomic mass is 9.97. The zero-order valence-corrected chi connectivity index (χ0v) is 18.6. The number of allylic oxidation sites excluding steroid dienone is 1. The molecule has 0 spiro atoms. The third-order valence-corrected chi connectivity index (χ3v) is 7.06. The van der Waals surface area contributed by atoms with Gasteiger partial charge in [0.2, 0.25) is 10.0 Å². The molecule has 0 unspecified atom stereocenters. The van der Waals surface area contributed by atoms with E-state index >= 15 is 0 Å². The fourth-order valence-corrected chi connectivity index (χ4v) is 5.56. The Kier molecular flexibility index (Phi) is 5.30. The number of hydrogen-bond donors (Lipinski definition) is 1. The maximum absolute atomic E-state index is 12.4. The van der Waals surface area contributed by atoms with Crippen LogP contribution in [-0.2, 0) is 27.7 Å². The Morgan fingerprint density at radius 1 is 1.17 bits per heavy atom. The number of anilines is 1. The zero-order chi connectivity index (χ0) is 21.5. The minimum atomic E-state index is -3.41. The van der Waals surface area contributed by atoms with Crippen LogP contribution in [0.5, 0.6) is 0 Å². The van der Waals surface area contributed by atoms with E-state index in [0.29, 0.717) is 12.1 Å². The third kappa shape index (κ3) is 4.98. The van der Waals surface area contributed by atoms with Crippen LogP contribution in [0.4, 0.5) is 5.69 Å². The molecule has 1 heterocycles. The molecule has 1 saturated carbocycles. The third-order valence-electron chi connectivity index (χ3n) is 5.27. The molecule has 0 radical (unpaired) electrons. The first kappa shape index (κ1) is 20.8. The lowest BCUT2D eigenvalue weighted by Crippen LogP contribution is -2.26. The molecule has 2 aliphatic carbocycles. The number of rotatable bonds is 7. The summed E-state index contributed by atoms with van der Waals surface area (Å²) in [4.78, 5) is 17.0. The summed E-state index contributed by atoms with van der Waals surface area (Å²) in [6.45, 7) is 5.70. The average molecular weight is 425 g/mol. The van der Waals surface area contributed by atoms with Crippen LogP contribution in [0.25, 0.3) is 17.2 Å². The molecule has 2 aliphatic rings. The van der Waals surface area contributed by atoms with Gasteiger partial charge in [-0.3, -0.25) is 14.5 Å². The van der Waals surface area contributed by atoms with Gasteiger partial charge in [-0.25, -0.2) is 8.42 Å². The van der Waals surface area contributed by atoms with Gasteiger partial charge in [-0.05, 0) is 47.6 Å². The molecule has 1 aromatic carbocycles. The fourth-order valence-electron chi connectivity index (χ4n) is 3.86. The van der Waals surface area contributed by atoms with Crippen LogP contribution in [0.1, 0.15) is 50.6 Å². The zero-order valence-electron chi connectivity index (χ0n) is 17.7. The van der Waals surface area contributed by atoms with Crippen molar-refractivity contribution in [1.29, 1.82) is 0 Å². The predicted octanol–water partition coefficient (Wildman–Crippen LogP) is 4.63. The Bertz CT molecular complexity index is 1110. The number of fused-ring (bicyclic) bond motifs is 1. The molecule has 0 saturated heterocycles. The summed E-state index contributed by atoms with van der Waals surface area (Å²) in [6.07, 6.45) is 7.33. The van der Waals surface area contributed by atoms with Gasteiger partial charge in [0.25, 0.3) is 0 Å². The van der Waals surface area contributed by atoms with E-state index < -0.39 is 10.0 Å².